The molecular formula is C67H113O15P. The molecule has 2 unspecified atom stereocenters. The average molecular weight is 1190 g/mol. The van der Waals surface area contributed by atoms with Crippen LogP contribution in [0.25, 0.3) is 0 Å². The molecule has 0 aromatic rings. The molecule has 2 fully saturated rings. The largest absolute Gasteiger partial charge is 0.479 e. The molecule has 15 nitrogen and oxygen atoms in total. The molecule has 8 N–H and O–H groups in total. The van der Waals surface area contributed by atoms with Crippen molar-refractivity contribution >= 4 is 13.8 Å². The Morgan fingerprint density at radius 1 is 0.482 bits per heavy atom. The molecule has 0 amide bonds. The van der Waals surface area contributed by atoms with Gasteiger partial charge in [0.1, 0.15) is 42.7 Å². The molecule has 2 saturated heterocycles. The van der Waals surface area contributed by atoms with Crippen molar-refractivity contribution in [3.05, 3.63) is 105 Å². The lowest BCUT2D eigenvalue weighted by molar-refractivity contribution is -0.349. The van der Waals surface area contributed by atoms with E-state index in [1.165, 1.54) is 70.3 Å². The van der Waals surface area contributed by atoms with Crippen molar-refractivity contribution in [3.63, 3.8) is 0 Å². The van der Waals surface area contributed by atoms with Crippen molar-refractivity contribution in [1.82, 2.24) is 0 Å². The van der Waals surface area contributed by atoms with Crippen LogP contribution in [0.2, 0.25) is 0 Å². The molecule has 476 valence electrons. The topological polar surface area (TPSA) is 242 Å². The average Bonchev–Trinajstić information content (AvgIpc) is 3.56. The van der Waals surface area contributed by atoms with Crippen LogP contribution in [0.5, 0.6) is 0 Å². The molecule has 16 heteroatoms. The van der Waals surface area contributed by atoms with Crippen LogP contribution < -0.4 is 0 Å². The summed E-state index contributed by atoms with van der Waals surface area (Å²) in [5.74, 6) is -0.743. The number of hydrogen-bond donors (Lipinski definition) is 8. The molecule has 0 spiro atoms. The van der Waals surface area contributed by atoms with Gasteiger partial charge in [-0.15, -0.1) is 0 Å². The number of allylic oxidation sites excluding steroid dienone is 18. The Morgan fingerprint density at radius 3 is 1.20 bits per heavy atom. The quantitative estimate of drug-likeness (QED) is 0.0210. The Bertz CT molecular complexity index is 2220. The molecule has 12 atom stereocenters. The molecule has 83 heavy (non-hydrogen) atoms. The molecule has 2 aliphatic rings. The second-order valence-electron chi connectivity index (χ2n) is 24.5. The van der Waals surface area contributed by atoms with Gasteiger partial charge in [0.05, 0.1) is 13.2 Å². The number of ether oxygens (including phenoxy) is 3. The summed E-state index contributed by atoms with van der Waals surface area (Å²) >= 11 is 0. The number of aliphatic hydroxyl groups excluding tert-OH is 6. The summed E-state index contributed by atoms with van der Waals surface area (Å²) in [4.78, 5) is 21.9. The fraction of sp³-hybridized carbons (Fsp3) is 0.716. The van der Waals surface area contributed by atoms with Crippen molar-refractivity contribution in [2.24, 2.45) is 11.8 Å². The lowest BCUT2D eigenvalue weighted by Crippen LogP contribution is -2.65. The Morgan fingerprint density at radius 2 is 0.843 bits per heavy atom. The van der Waals surface area contributed by atoms with Gasteiger partial charge < -0.3 is 54.8 Å². The zero-order valence-corrected chi connectivity index (χ0v) is 53.9. The van der Waals surface area contributed by atoms with E-state index in [4.69, 9.17) is 23.3 Å². The number of aliphatic hydroxyl groups is 6. The van der Waals surface area contributed by atoms with Crippen molar-refractivity contribution in [2.45, 2.75) is 286 Å². The monoisotopic (exact) mass is 1190 g/mol. The minimum absolute atomic E-state index is 0.133. The molecule has 0 saturated carbocycles. The maximum atomic E-state index is 12.8. The van der Waals surface area contributed by atoms with Crippen LogP contribution in [-0.4, -0.2) is 121 Å². The highest BCUT2D eigenvalue weighted by Gasteiger charge is 2.53. The number of phosphoric acid groups is 1. The van der Waals surface area contributed by atoms with E-state index >= 15 is 0 Å². The van der Waals surface area contributed by atoms with Gasteiger partial charge in [0.2, 0.25) is 0 Å². The van der Waals surface area contributed by atoms with E-state index in [2.05, 4.69) is 131 Å². The molecule has 0 aromatic heterocycles. The first-order chi connectivity index (χ1) is 39.2. The lowest BCUT2D eigenvalue weighted by Gasteiger charge is -2.45. The molecule has 0 radical (unpaired) electrons. The van der Waals surface area contributed by atoms with Crippen LogP contribution in [0.1, 0.15) is 224 Å². The molecule has 0 aromatic carbocycles. The smallest absolute Gasteiger partial charge is 0.474 e. The number of rotatable bonds is 41. The molecule has 2 rings (SSSR count). The first-order valence-corrected chi connectivity index (χ1v) is 32.5. The molecular weight excluding hydrogens is 1080 g/mol. The summed E-state index contributed by atoms with van der Waals surface area (Å²) < 4.78 is 38.8. The second kappa shape index (κ2) is 41.9. The Kier molecular flexibility index (Phi) is 38.3. The van der Waals surface area contributed by atoms with Crippen molar-refractivity contribution < 1.29 is 73.3 Å². The molecule has 0 aliphatic carbocycles. The number of carbonyl (C=O) groups is 1. The SMILES string of the molecule is C/C(=C/CC/C(C)=C\CC/C(C)=C\CC/C(C)=C\CCC(C)CCOP(=O)(O)O[C@H]1O[C@H](CO)[C@@H](O[C@@H]2O[C@H](C(=O)O)[C@@H](O)[C@H](O)[C@H]2O)[C@H](O)[C@H]1O)CC/C=C(/C)CC/C=C(/C)CC/C=C(/C)CC/C=C(\C)CC/C=C(\C)CCCC(C)C. The van der Waals surface area contributed by atoms with Crippen LogP contribution in [0.3, 0.4) is 0 Å². The third-order valence-electron chi connectivity index (χ3n) is 15.8. The first-order valence-electron chi connectivity index (χ1n) is 31.0. The fourth-order valence-electron chi connectivity index (χ4n) is 9.99. The first kappa shape index (κ1) is 76.0. The Balaban J connectivity index is 1.60. The maximum absolute atomic E-state index is 12.8. The fourth-order valence-corrected chi connectivity index (χ4v) is 10.8. The van der Waals surface area contributed by atoms with E-state index in [1.807, 2.05) is 6.92 Å². The lowest BCUT2D eigenvalue weighted by atomic mass is 9.97. The normalized spacial score (nSPS) is 26.2. The highest BCUT2D eigenvalue weighted by atomic mass is 31.2. The predicted octanol–water partition coefficient (Wildman–Crippen LogP) is 14.2. The Labute approximate surface area is 500 Å². The molecule has 0 bridgehead atoms. The van der Waals surface area contributed by atoms with E-state index < -0.39 is 81.8 Å². The van der Waals surface area contributed by atoms with Gasteiger partial charge in [-0.2, -0.15) is 0 Å². The van der Waals surface area contributed by atoms with E-state index in [0.29, 0.717) is 6.42 Å². The third-order valence-corrected chi connectivity index (χ3v) is 16.8. The number of phosphoric ester groups is 1. The van der Waals surface area contributed by atoms with Gasteiger partial charge in [0.25, 0.3) is 0 Å². The van der Waals surface area contributed by atoms with E-state index in [0.717, 1.165) is 115 Å². The number of hydrogen-bond acceptors (Lipinski definition) is 13. The zero-order chi connectivity index (χ0) is 62.1. The highest BCUT2D eigenvalue weighted by Crippen LogP contribution is 2.47. The van der Waals surface area contributed by atoms with E-state index in [9.17, 15) is 50.0 Å². The number of carboxylic acid groups (broad SMARTS) is 1. The minimum atomic E-state index is -4.86. The van der Waals surface area contributed by atoms with Gasteiger partial charge in [-0.25, -0.2) is 9.36 Å². The maximum Gasteiger partial charge on any atom is 0.474 e. The standard InChI is InChI=1S/C67H113O15P/c1-46(2)23-13-24-47(3)25-14-26-48(4)27-15-28-49(5)29-16-30-50(6)31-17-32-51(7)33-18-34-52(8)35-19-36-53(9)37-20-38-54(10)39-21-40-55(11)41-22-42-56(12)43-44-78-83(76,77)82-67-62(73)60(71)63(57(45-68)79-67)80-66-61(72)58(69)59(70)64(81-66)65(74)75/h25,27,29,31,33,35,37,39,41,46,56-64,66-73H,13-24,26,28,30,32,34,36,38,40,42-45H2,1-12H3,(H,74,75)(H,76,77)/b47-25+,48-27+,49-29-,50-31-,51-33-,52-35-,53-37-,54-39-,55-41-/t56?,57-,58+,59+,60-,61-,62-,63-,64+,66-,67-/m1/s1. The predicted molar refractivity (Wildman–Crippen MR) is 333 cm³/mol. The summed E-state index contributed by atoms with van der Waals surface area (Å²) in [5.41, 5.74) is 13.2. The van der Waals surface area contributed by atoms with Gasteiger partial charge >= 0.3 is 13.8 Å². The number of carboxylic acids is 1. The molecule has 2 aliphatic heterocycles. The number of aliphatic carboxylic acids is 1. The van der Waals surface area contributed by atoms with E-state index in [1.54, 1.807) is 5.57 Å². The van der Waals surface area contributed by atoms with Crippen LogP contribution in [0, 0.1) is 11.8 Å². The Hall–Kier alpha value is -3.12. The summed E-state index contributed by atoms with van der Waals surface area (Å²) in [7, 11) is -4.86. The summed E-state index contributed by atoms with van der Waals surface area (Å²) in [5, 5.41) is 71.1. The van der Waals surface area contributed by atoms with Gasteiger partial charge in [0, 0.05) is 0 Å². The van der Waals surface area contributed by atoms with Crippen LogP contribution in [0.4, 0.5) is 0 Å². The van der Waals surface area contributed by atoms with Crippen molar-refractivity contribution in [3.8, 4) is 0 Å². The van der Waals surface area contributed by atoms with Gasteiger partial charge in [-0.05, 0) is 209 Å². The summed E-state index contributed by atoms with van der Waals surface area (Å²) in [6.45, 7) is 25.8. The third kappa shape index (κ3) is 33.0. The van der Waals surface area contributed by atoms with E-state index in [-0.39, 0.29) is 12.5 Å². The second-order valence-corrected chi connectivity index (χ2v) is 25.9. The minimum Gasteiger partial charge on any atom is -0.479 e. The molecule has 2 heterocycles. The summed E-state index contributed by atoms with van der Waals surface area (Å²) in [6.07, 6.45) is 25.8. The van der Waals surface area contributed by atoms with Crippen LogP contribution >= 0.6 is 7.82 Å². The van der Waals surface area contributed by atoms with Crippen molar-refractivity contribution in [1.29, 1.82) is 0 Å². The van der Waals surface area contributed by atoms with Gasteiger partial charge in [-0.3, -0.25) is 9.05 Å². The van der Waals surface area contributed by atoms with Gasteiger partial charge in [-0.1, -0.05) is 132 Å². The highest BCUT2D eigenvalue weighted by molar-refractivity contribution is 7.47. The summed E-state index contributed by atoms with van der Waals surface area (Å²) in [6, 6.07) is 0. The zero-order valence-electron chi connectivity index (χ0n) is 53.0. The van der Waals surface area contributed by atoms with Crippen LogP contribution in [-0.2, 0) is 32.6 Å². The van der Waals surface area contributed by atoms with Crippen molar-refractivity contribution in [2.75, 3.05) is 13.2 Å². The van der Waals surface area contributed by atoms with Gasteiger partial charge in [0.15, 0.2) is 18.7 Å². The van der Waals surface area contributed by atoms with Crippen LogP contribution in [0.15, 0.2) is 105 Å².